The summed E-state index contributed by atoms with van der Waals surface area (Å²) in [5.74, 6) is -0.853. The van der Waals surface area contributed by atoms with Crippen LogP contribution < -0.4 is 0 Å². The van der Waals surface area contributed by atoms with E-state index in [1.807, 2.05) is 18.7 Å². The van der Waals surface area contributed by atoms with Crippen molar-refractivity contribution in [2.75, 3.05) is 13.1 Å². The van der Waals surface area contributed by atoms with Crippen LogP contribution in [0.5, 0.6) is 0 Å². The van der Waals surface area contributed by atoms with Gasteiger partial charge in [-0.3, -0.25) is 0 Å². The van der Waals surface area contributed by atoms with Crippen molar-refractivity contribution in [3.05, 3.63) is 0 Å². The third-order valence-corrected chi connectivity index (χ3v) is 5.05. The lowest BCUT2D eigenvalue weighted by Crippen LogP contribution is -2.57. The zero-order chi connectivity index (χ0) is 14.8. The van der Waals surface area contributed by atoms with E-state index in [0.29, 0.717) is 32.0 Å². The highest BCUT2D eigenvalue weighted by Gasteiger charge is 2.50. The highest BCUT2D eigenvalue weighted by Crippen LogP contribution is 2.35. The highest BCUT2D eigenvalue weighted by molar-refractivity contribution is 5.87. The Balaban J connectivity index is 2.19. The van der Waals surface area contributed by atoms with Crippen LogP contribution in [0, 0.1) is 0 Å². The van der Waals surface area contributed by atoms with Crippen LogP contribution in [0.15, 0.2) is 0 Å². The Morgan fingerprint density at radius 2 is 1.90 bits per heavy atom. The van der Waals surface area contributed by atoms with Crippen LogP contribution in [0.4, 0.5) is 4.79 Å². The molecule has 1 aliphatic carbocycles. The normalized spacial score (nSPS) is 27.0. The van der Waals surface area contributed by atoms with Gasteiger partial charge in [0.25, 0.3) is 0 Å². The van der Waals surface area contributed by atoms with Crippen LogP contribution >= 0.6 is 0 Å². The maximum atomic E-state index is 12.8. The van der Waals surface area contributed by atoms with Crippen LogP contribution in [0.25, 0.3) is 0 Å². The first-order valence-electron chi connectivity index (χ1n) is 7.88. The zero-order valence-electron chi connectivity index (χ0n) is 12.6. The van der Waals surface area contributed by atoms with Gasteiger partial charge < -0.3 is 14.9 Å². The molecular weight excluding hydrogens is 256 g/mol. The maximum Gasteiger partial charge on any atom is 0.329 e. The third kappa shape index (κ3) is 2.38. The molecule has 1 saturated carbocycles. The standard InChI is InChI=1S/C15H26N2O3/c1-3-15(13(18)19)10-7-11-17(15)14(20)16(4-2)12-8-5-6-9-12/h12H,3-11H2,1-2H3,(H,18,19). The molecule has 2 amide bonds. The van der Waals surface area contributed by atoms with Crippen molar-refractivity contribution < 1.29 is 14.7 Å². The molecule has 1 heterocycles. The second-order valence-corrected chi connectivity index (χ2v) is 5.95. The van der Waals surface area contributed by atoms with Crippen LogP contribution in [0.2, 0.25) is 0 Å². The number of carboxylic acid groups (broad SMARTS) is 1. The molecule has 0 radical (unpaired) electrons. The minimum atomic E-state index is -0.983. The summed E-state index contributed by atoms with van der Waals surface area (Å²) in [7, 11) is 0. The first-order valence-corrected chi connectivity index (χ1v) is 7.88. The minimum Gasteiger partial charge on any atom is -0.479 e. The molecule has 5 heteroatoms. The molecule has 2 rings (SSSR count). The van der Waals surface area contributed by atoms with Gasteiger partial charge in [0.15, 0.2) is 0 Å². The Bertz CT molecular complexity index is 379. The van der Waals surface area contributed by atoms with Crippen molar-refractivity contribution in [2.45, 2.75) is 70.4 Å². The number of carboxylic acids is 1. The van der Waals surface area contributed by atoms with Crippen molar-refractivity contribution in [3.63, 3.8) is 0 Å². The first-order chi connectivity index (χ1) is 9.56. The minimum absolute atomic E-state index is 0.0684. The quantitative estimate of drug-likeness (QED) is 0.862. The molecule has 1 unspecified atom stereocenters. The molecule has 0 aromatic carbocycles. The summed E-state index contributed by atoms with van der Waals surface area (Å²) in [5, 5.41) is 9.59. The van der Waals surface area contributed by atoms with E-state index < -0.39 is 11.5 Å². The molecule has 2 aliphatic rings. The van der Waals surface area contributed by atoms with Crippen molar-refractivity contribution in [1.82, 2.24) is 9.80 Å². The molecule has 0 aromatic rings. The fourth-order valence-electron chi connectivity index (χ4n) is 3.82. The van der Waals surface area contributed by atoms with Crippen LogP contribution in [-0.2, 0) is 4.79 Å². The van der Waals surface area contributed by atoms with Gasteiger partial charge >= 0.3 is 12.0 Å². The number of rotatable bonds is 4. The van der Waals surface area contributed by atoms with E-state index in [2.05, 4.69) is 0 Å². The predicted molar refractivity (Wildman–Crippen MR) is 76.6 cm³/mol. The fourth-order valence-corrected chi connectivity index (χ4v) is 3.82. The number of carbonyl (C=O) groups excluding carboxylic acids is 1. The van der Waals surface area contributed by atoms with Gasteiger partial charge in [-0.2, -0.15) is 0 Å². The van der Waals surface area contributed by atoms with Crippen molar-refractivity contribution in [3.8, 4) is 0 Å². The number of hydrogen-bond acceptors (Lipinski definition) is 2. The Labute approximate surface area is 120 Å². The number of nitrogens with zero attached hydrogens (tertiary/aromatic N) is 2. The Morgan fingerprint density at radius 3 is 2.40 bits per heavy atom. The Kier molecular flexibility index (Phi) is 4.55. The molecule has 20 heavy (non-hydrogen) atoms. The Hall–Kier alpha value is -1.26. The SMILES string of the molecule is CCN(C(=O)N1CCCC1(CC)C(=O)O)C1CCCC1. The lowest BCUT2D eigenvalue weighted by atomic mass is 9.93. The first kappa shape index (κ1) is 15.1. The summed E-state index contributed by atoms with van der Waals surface area (Å²) in [5.41, 5.74) is -0.983. The maximum absolute atomic E-state index is 12.8. The topological polar surface area (TPSA) is 60.9 Å². The van der Waals surface area contributed by atoms with Crippen LogP contribution in [-0.4, -0.2) is 51.6 Å². The summed E-state index contributed by atoms with van der Waals surface area (Å²) < 4.78 is 0. The molecule has 1 saturated heterocycles. The van der Waals surface area contributed by atoms with Gasteiger partial charge in [-0.15, -0.1) is 0 Å². The van der Waals surface area contributed by atoms with Gasteiger partial charge in [-0.05, 0) is 39.0 Å². The van der Waals surface area contributed by atoms with E-state index in [4.69, 9.17) is 0 Å². The fraction of sp³-hybridized carbons (Fsp3) is 0.867. The van der Waals surface area contributed by atoms with E-state index in [-0.39, 0.29) is 6.03 Å². The van der Waals surface area contributed by atoms with Crippen LogP contribution in [0.3, 0.4) is 0 Å². The molecule has 0 spiro atoms. The van der Waals surface area contributed by atoms with Gasteiger partial charge in [0, 0.05) is 19.1 Å². The van der Waals surface area contributed by atoms with E-state index in [0.717, 1.165) is 19.3 Å². The second-order valence-electron chi connectivity index (χ2n) is 5.95. The average molecular weight is 282 g/mol. The van der Waals surface area contributed by atoms with Gasteiger partial charge in [0.05, 0.1) is 0 Å². The number of amides is 2. The van der Waals surface area contributed by atoms with E-state index in [9.17, 15) is 14.7 Å². The average Bonchev–Trinajstić information content (AvgIpc) is 3.08. The van der Waals surface area contributed by atoms with E-state index >= 15 is 0 Å². The molecule has 2 fully saturated rings. The van der Waals surface area contributed by atoms with Gasteiger partial charge in [0.2, 0.25) is 0 Å². The molecule has 0 bridgehead atoms. The monoisotopic (exact) mass is 282 g/mol. The number of hydrogen-bond donors (Lipinski definition) is 1. The second kappa shape index (κ2) is 6.02. The zero-order valence-corrected chi connectivity index (χ0v) is 12.6. The summed E-state index contributed by atoms with van der Waals surface area (Å²) in [4.78, 5) is 28.0. The molecule has 1 aliphatic heterocycles. The van der Waals surface area contributed by atoms with Crippen molar-refractivity contribution in [2.24, 2.45) is 0 Å². The number of urea groups is 1. The lowest BCUT2D eigenvalue weighted by Gasteiger charge is -2.39. The van der Waals surface area contributed by atoms with E-state index in [1.54, 1.807) is 4.90 Å². The molecule has 1 N–H and O–H groups in total. The summed E-state index contributed by atoms with van der Waals surface area (Å²) in [6, 6.07) is 0.234. The van der Waals surface area contributed by atoms with Crippen molar-refractivity contribution in [1.29, 1.82) is 0 Å². The molecule has 5 nitrogen and oxygen atoms in total. The predicted octanol–water partition coefficient (Wildman–Crippen LogP) is 2.70. The molecular formula is C15H26N2O3. The number of aliphatic carboxylic acids is 1. The molecule has 114 valence electrons. The van der Waals surface area contributed by atoms with Gasteiger partial charge in [0.1, 0.15) is 5.54 Å². The number of carbonyl (C=O) groups is 2. The lowest BCUT2D eigenvalue weighted by molar-refractivity contribution is -0.148. The van der Waals surface area contributed by atoms with Gasteiger partial charge in [-0.1, -0.05) is 19.8 Å². The largest absolute Gasteiger partial charge is 0.479 e. The third-order valence-electron chi connectivity index (χ3n) is 5.05. The number of likely N-dealkylation sites (tertiary alicyclic amines) is 1. The van der Waals surface area contributed by atoms with Gasteiger partial charge in [-0.25, -0.2) is 9.59 Å². The van der Waals surface area contributed by atoms with Crippen molar-refractivity contribution >= 4 is 12.0 Å². The summed E-state index contributed by atoms with van der Waals surface area (Å²) >= 11 is 0. The smallest absolute Gasteiger partial charge is 0.329 e. The highest BCUT2D eigenvalue weighted by atomic mass is 16.4. The van der Waals surface area contributed by atoms with Crippen LogP contribution in [0.1, 0.15) is 58.8 Å². The van der Waals surface area contributed by atoms with E-state index in [1.165, 1.54) is 12.8 Å². The summed E-state index contributed by atoms with van der Waals surface area (Å²) in [6.45, 7) is 5.09. The molecule has 0 aromatic heterocycles. The molecule has 1 atom stereocenters. The summed E-state index contributed by atoms with van der Waals surface area (Å²) in [6.07, 6.45) is 6.30. The Morgan fingerprint density at radius 1 is 1.25 bits per heavy atom.